The maximum atomic E-state index is 6.71. The zero-order chi connectivity index (χ0) is 25.5. The molecule has 3 heterocycles. The van der Waals surface area contributed by atoms with Gasteiger partial charge in [0.1, 0.15) is 24.2 Å². The third-order valence-electron chi connectivity index (χ3n) is 6.76. The Hall–Kier alpha value is -4.66. The van der Waals surface area contributed by atoms with E-state index in [2.05, 4.69) is 15.4 Å². The lowest BCUT2D eigenvalue weighted by Crippen LogP contribution is -2.32. The summed E-state index contributed by atoms with van der Waals surface area (Å²) in [7, 11) is 6.51. The van der Waals surface area contributed by atoms with Crippen LogP contribution in [0.3, 0.4) is 0 Å². The molecule has 6 rings (SSSR count). The molecule has 0 spiro atoms. The first-order valence-electron chi connectivity index (χ1n) is 11.8. The van der Waals surface area contributed by atoms with E-state index in [-0.39, 0.29) is 0 Å². The van der Waals surface area contributed by atoms with Gasteiger partial charge in [-0.15, -0.1) is 0 Å². The molecule has 3 aromatic carbocycles. The van der Waals surface area contributed by atoms with Crippen LogP contribution in [-0.4, -0.2) is 43.2 Å². The summed E-state index contributed by atoms with van der Waals surface area (Å²) < 4.78 is 31.1. The monoisotopic (exact) mass is 498 g/mol. The Morgan fingerprint density at radius 3 is 2.43 bits per heavy atom. The number of nitrogens with zero attached hydrogens (tertiary/aromatic N) is 3. The maximum Gasteiger partial charge on any atom is 0.226 e. The summed E-state index contributed by atoms with van der Waals surface area (Å²) in [6.45, 7) is 0. The topological polar surface area (TPSA) is 88.9 Å². The second-order valence-electron chi connectivity index (χ2n) is 8.58. The molecule has 2 aliphatic rings. The summed E-state index contributed by atoms with van der Waals surface area (Å²) in [4.78, 5) is 4.50. The van der Waals surface area contributed by atoms with Gasteiger partial charge in [-0.05, 0) is 30.3 Å². The van der Waals surface area contributed by atoms with Crippen molar-refractivity contribution in [1.29, 1.82) is 0 Å². The van der Waals surface area contributed by atoms with Crippen molar-refractivity contribution in [3.63, 3.8) is 0 Å². The lowest BCUT2D eigenvalue weighted by Gasteiger charge is -2.39. The van der Waals surface area contributed by atoms with Crippen molar-refractivity contribution in [1.82, 2.24) is 14.8 Å². The number of rotatable bonds is 6. The van der Waals surface area contributed by atoms with E-state index in [0.29, 0.717) is 28.9 Å². The standard InChI is InChI=1S/C28H26N4O5/c1-33-20-13-12-16(14-22(20)35-3)26-23-24(17-8-5-6-10-19(17)37-26)31-28-29-15-30-32(28)25(23)18-9-7-11-21(34-2)27(18)36-4/h5-15,25-26H,1-4H3,(H,29,30,31). The van der Waals surface area contributed by atoms with Crippen LogP contribution in [0.4, 0.5) is 5.95 Å². The van der Waals surface area contributed by atoms with Crippen molar-refractivity contribution in [3.05, 3.63) is 89.3 Å². The number of fused-ring (bicyclic) bond motifs is 3. The van der Waals surface area contributed by atoms with Crippen molar-refractivity contribution in [2.24, 2.45) is 0 Å². The van der Waals surface area contributed by atoms with Crippen LogP contribution in [0.5, 0.6) is 28.7 Å². The van der Waals surface area contributed by atoms with Gasteiger partial charge in [0.15, 0.2) is 23.0 Å². The maximum absolute atomic E-state index is 6.71. The SMILES string of the molecule is COc1ccc(C2Oc3ccccc3C3=C2C(c2cccc(OC)c2OC)n2ncnc2N3)cc1OC. The van der Waals surface area contributed by atoms with E-state index in [1.54, 1.807) is 34.8 Å². The molecule has 0 aliphatic carbocycles. The normalized spacial score (nSPS) is 17.5. The first kappa shape index (κ1) is 22.8. The number of aromatic nitrogens is 3. The lowest BCUT2D eigenvalue weighted by molar-refractivity contribution is 0.221. The Kier molecular flexibility index (Phi) is 5.60. The molecule has 0 saturated heterocycles. The van der Waals surface area contributed by atoms with E-state index in [1.807, 2.05) is 65.3 Å². The Morgan fingerprint density at radius 2 is 1.65 bits per heavy atom. The van der Waals surface area contributed by atoms with Gasteiger partial charge in [0, 0.05) is 22.3 Å². The van der Waals surface area contributed by atoms with E-state index < -0.39 is 12.1 Å². The molecular weight excluding hydrogens is 472 g/mol. The molecule has 37 heavy (non-hydrogen) atoms. The van der Waals surface area contributed by atoms with E-state index in [1.165, 1.54) is 0 Å². The van der Waals surface area contributed by atoms with Crippen molar-refractivity contribution in [2.45, 2.75) is 12.1 Å². The van der Waals surface area contributed by atoms with Gasteiger partial charge >= 0.3 is 0 Å². The highest BCUT2D eigenvalue weighted by Crippen LogP contribution is 2.53. The number of anilines is 1. The number of hydrogen-bond acceptors (Lipinski definition) is 8. The minimum Gasteiger partial charge on any atom is -0.493 e. The Labute approximate surface area is 214 Å². The summed E-state index contributed by atoms with van der Waals surface area (Å²) in [6.07, 6.45) is 1.06. The molecule has 9 nitrogen and oxygen atoms in total. The minimum atomic E-state index is -0.476. The zero-order valence-corrected chi connectivity index (χ0v) is 20.9. The van der Waals surface area contributed by atoms with Gasteiger partial charge in [-0.25, -0.2) is 4.68 Å². The Morgan fingerprint density at radius 1 is 0.838 bits per heavy atom. The van der Waals surface area contributed by atoms with Crippen molar-refractivity contribution in [2.75, 3.05) is 33.8 Å². The number of hydrogen-bond donors (Lipinski definition) is 1. The van der Waals surface area contributed by atoms with Crippen LogP contribution < -0.4 is 29.0 Å². The average Bonchev–Trinajstić information content (AvgIpc) is 3.43. The summed E-state index contributed by atoms with van der Waals surface area (Å²) in [5, 5.41) is 8.11. The zero-order valence-electron chi connectivity index (χ0n) is 20.9. The van der Waals surface area contributed by atoms with Crippen LogP contribution in [0, 0.1) is 0 Å². The summed E-state index contributed by atoms with van der Waals surface area (Å²) >= 11 is 0. The quantitative estimate of drug-likeness (QED) is 0.403. The molecule has 188 valence electrons. The molecule has 2 aliphatic heterocycles. The molecule has 0 saturated carbocycles. The van der Waals surface area contributed by atoms with Crippen LogP contribution in [0.1, 0.15) is 28.8 Å². The van der Waals surface area contributed by atoms with Gasteiger partial charge in [0.05, 0.1) is 34.1 Å². The molecule has 0 bridgehead atoms. The highest BCUT2D eigenvalue weighted by atomic mass is 16.5. The predicted molar refractivity (Wildman–Crippen MR) is 138 cm³/mol. The van der Waals surface area contributed by atoms with Crippen molar-refractivity contribution >= 4 is 11.6 Å². The number of para-hydroxylation sites is 2. The molecule has 1 aromatic heterocycles. The van der Waals surface area contributed by atoms with Crippen molar-refractivity contribution in [3.8, 4) is 28.7 Å². The summed E-state index contributed by atoms with van der Waals surface area (Å²) in [5.74, 6) is 3.89. The Bertz CT molecular complexity index is 1510. The van der Waals surface area contributed by atoms with Gasteiger partial charge in [-0.2, -0.15) is 10.1 Å². The molecule has 2 atom stereocenters. The third kappa shape index (κ3) is 3.54. The summed E-state index contributed by atoms with van der Waals surface area (Å²) in [6, 6.07) is 19.2. The summed E-state index contributed by atoms with van der Waals surface area (Å²) in [5.41, 5.74) is 4.58. The van der Waals surface area contributed by atoms with Crippen LogP contribution in [0.2, 0.25) is 0 Å². The fourth-order valence-electron chi connectivity index (χ4n) is 5.13. The second kappa shape index (κ2) is 9.09. The van der Waals surface area contributed by atoms with Gasteiger partial charge in [-0.1, -0.05) is 30.3 Å². The number of benzene rings is 3. The van der Waals surface area contributed by atoms with Gasteiger partial charge in [-0.3, -0.25) is 0 Å². The molecule has 0 fully saturated rings. The lowest BCUT2D eigenvalue weighted by atomic mass is 9.84. The van der Waals surface area contributed by atoms with Crippen LogP contribution in [-0.2, 0) is 0 Å². The first-order chi connectivity index (χ1) is 18.2. The molecule has 0 amide bonds. The molecular formula is C28H26N4O5. The molecule has 1 N–H and O–H groups in total. The smallest absolute Gasteiger partial charge is 0.226 e. The fraction of sp³-hybridized carbons (Fsp3) is 0.214. The van der Waals surface area contributed by atoms with E-state index in [4.69, 9.17) is 23.7 Å². The fourth-order valence-corrected chi connectivity index (χ4v) is 5.13. The molecule has 2 unspecified atom stereocenters. The second-order valence-corrected chi connectivity index (χ2v) is 8.58. The highest BCUT2D eigenvalue weighted by Gasteiger charge is 2.42. The number of ether oxygens (including phenoxy) is 5. The third-order valence-corrected chi connectivity index (χ3v) is 6.76. The van der Waals surface area contributed by atoms with Gasteiger partial charge < -0.3 is 29.0 Å². The van der Waals surface area contributed by atoms with Crippen molar-refractivity contribution < 1.29 is 23.7 Å². The predicted octanol–water partition coefficient (Wildman–Crippen LogP) is 4.87. The van der Waals surface area contributed by atoms with Crippen LogP contribution in [0.25, 0.3) is 5.70 Å². The van der Waals surface area contributed by atoms with E-state index in [9.17, 15) is 0 Å². The minimum absolute atomic E-state index is 0.398. The number of methoxy groups -OCH3 is 4. The number of nitrogens with one attached hydrogen (secondary N) is 1. The first-order valence-corrected chi connectivity index (χ1v) is 11.8. The van der Waals surface area contributed by atoms with E-state index >= 15 is 0 Å². The van der Waals surface area contributed by atoms with Crippen LogP contribution in [0.15, 0.2) is 72.6 Å². The largest absolute Gasteiger partial charge is 0.493 e. The van der Waals surface area contributed by atoms with Gasteiger partial charge in [0.25, 0.3) is 0 Å². The van der Waals surface area contributed by atoms with Crippen LogP contribution >= 0.6 is 0 Å². The molecule has 0 radical (unpaired) electrons. The van der Waals surface area contributed by atoms with E-state index in [0.717, 1.165) is 33.7 Å². The molecule has 4 aromatic rings. The van der Waals surface area contributed by atoms with Gasteiger partial charge in [0.2, 0.25) is 5.95 Å². The molecule has 9 heteroatoms. The average molecular weight is 499 g/mol. The Balaban J connectivity index is 1.63. The highest BCUT2D eigenvalue weighted by molar-refractivity contribution is 5.85.